The number of carbonyl (C=O) groups is 2. The van der Waals surface area contributed by atoms with E-state index in [9.17, 15) is 9.59 Å². The molecule has 0 bridgehead atoms. The van der Waals surface area contributed by atoms with Crippen molar-refractivity contribution < 1.29 is 19.1 Å². The number of carbonyl (C=O) groups excluding carboxylic acids is 2. The first-order chi connectivity index (χ1) is 13.6. The average molecular weight is 404 g/mol. The lowest BCUT2D eigenvalue weighted by Crippen LogP contribution is -2.69. The van der Waals surface area contributed by atoms with Crippen LogP contribution in [0, 0.1) is 5.92 Å². The van der Waals surface area contributed by atoms with Crippen molar-refractivity contribution in [2.75, 3.05) is 6.54 Å². The zero-order valence-electron chi connectivity index (χ0n) is 19.0. The van der Waals surface area contributed by atoms with Gasteiger partial charge in [0.2, 0.25) is 0 Å². The molecule has 162 valence electrons. The predicted molar refractivity (Wildman–Crippen MR) is 115 cm³/mol. The molecule has 1 fully saturated rings. The van der Waals surface area contributed by atoms with Gasteiger partial charge in [-0.25, -0.2) is 4.79 Å². The van der Waals surface area contributed by atoms with Gasteiger partial charge in [-0.2, -0.15) is 0 Å². The molecule has 1 aliphatic rings. The zero-order valence-corrected chi connectivity index (χ0v) is 19.0. The highest BCUT2D eigenvalue weighted by Crippen LogP contribution is 2.46. The van der Waals surface area contributed by atoms with E-state index in [1.165, 1.54) is 6.92 Å². The molecule has 0 spiro atoms. The standard InChI is InChI=1S/C24H37NO4/c1-8-23(6)15-21(29-22(27)20-13-11-10-12-14-20)18(4)24(7,9-2)25(23)16-17(3)28-19(5)26/h10-14,17-18,21H,8-9,15-16H2,1-7H3. The molecule has 29 heavy (non-hydrogen) atoms. The van der Waals surface area contributed by atoms with Gasteiger partial charge in [0.05, 0.1) is 5.56 Å². The van der Waals surface area contributed by atoms with Gasteiger partial charge in [0.15, 0.2) is 0 Å². The summed E-state index contributed by atoms with van der Waals surface area (Å²) in [5.74, 6) is -0.376. The van der Waals surface area contributed by atoms with E-state index < -0.39 is 0 Å². The Bertz CT molecular complexity index is 706. The summed E-state index contributed by atoms with van der Waals surface area (Å²) in [5.41, 5.74) is 0.244. The summed E-state index contributed by atoms with van der Waals surface area (Å²) in [6, 6.07) is 9.18. The van der Waals surface area contributed by atoms with Crippen LogP contribution in [0.2, 0.25) is 0 Å². The number of hydrogen-bond donors (Lipinski definition) is 0. The van der Waals surface area contributed by atoms with E-state index in [1.54, 1.807) is 12.1 Å². The molecular formula is C24H37NO4. The van der Waals surface area contributed by atoms with Crippen LogP contribution in [-0.4, -0.2) is 46.7 Å². The first-order valence-corrected chi connectivity index (χ1v) is 10.8. The van der Waals surface area contributed by atoms with E-state index in [1.807, 2.05) is 25.1 Å². The number of nitrogens with zero attached hydrogens (tertiary/aromatic N) is 1. The van der Waals surface area contributed by atoms with E-state index in [4.69, 9.17) is 9.47 Å². The number of hydrogen-bond acceptors (Lipinski definition) is 5. The number of ether oxygens (including phenoxy) is 2. The molecule has 5 heteroatoms. The Morgan fingerprint density at radius 3 is 2.31 bits per heavy atom. The van der Waals surface area contributed by atoms with E-state index >= 15 is 0 Å². The molecule has 0 saturated carbocycles. The normalized spacial score (nSPS) is 31.1. The molecule has 0 aliphatic carbocycles. The monoisotopic (exact) mass is 403 g/mol. The van der Waals surface area contributed by atoms with Crippen LogP contribution in [0.3, 0.4) is 0 Å². The Hall–Kier alpha value is -1.88. The zero-order chi connectivity index (χ0) is 21.8. The van der Waals surface area contributed by atoms with Crippen molar-refractivity contribution in [3.63, 3.8) is 0 Å². The predicted octanol–water partition coefficient (Wildman–Crippen LogP) is 4.84. The molecule has 0 aromatic heterocycles. The number of piperidine rings is 1. The van der Waals surface area contributed by atoms with Gasteiger partial charge in [0.1, 0.15) is 12.2 Å². The van der Waals surface area contributed by atoms with Crippen LogP contribution >= 0.6 is 0 Å². The Morgan fingerprint density at radius 2 is 1.79 bits per heavy atom. The molecule has 1 saturated heterocycles. The Labute approximate surface area is 175 Å². The van der Waals surface area contributed by atoms with Gasteiger partial charge in [0, 0.05) is 36.9 Å². The second-order valence-corrected chi connectivity index (χ2v) is 8.89. The fraction of sp³-hybridized carbons (Fsp3) is 0.667. The number of likely N-dealkylation sites (tertiary alicyclic amines) is 1. The molecule has 1 heterocycles. The van der Waals surface area contributed by atoms with Crippen molar-refractivity contribution in [3.8, 4) is 0 Å². The summed E-state index contributed by atoms with van der Waals surface area (Å²) in [6.07, 6.45) is 2.22. The third-order valence-corrected chi connectivity index (χ3v) is 7.00. The smallest absolute Gasteiger partial charge is 0.338 e. The first-order valence-electron chi connectivity index (χ1n) is 10.8. The largest absolute Gasteiger partial charge is 0.461 e. The molecule has 0 amide bonds. The fourth-order valence-electron chi connectivity index (χ4n) is 4.76. The lowest BCUT2D eigenvalue weighted by Gasteiger charge is -2.60. The molecule has 5 nitrogen and oxygen atoms in total. The van der Waals surface area contributed by atoms with Gasteiger partial charge in [0.25, 0.3) is 0 Å². The summed E-state index contributed by atoms with van der Waals surface area (Å²) in [4.78, 5) is 26.7. The first kappa shape index (κ1) is 23.4. The highest BCUT2D eigenvalue weighted by molar-refractivity contribution is 5.89. The molecule has 0 radical (unpaired) electrons. The van der Waals surface area contributed by atoms with Crippen molar-refractivity contribution in [2.45, 2.75) is 91.0 Å². The molecule has 1 aliphatic heterocycles. The van der Waals surface area contributed by atoms with Crippen LogP contribution in [-0.2, 0) is 14.3 Å². The minimum absolute atomic E-state index is 0.143. The van der Waals surface area contributed by atoms with Gasteiger partial charge < -0.3 is 9.47 Å². The van der Waals surface area contributed by atoms with Crippen LogP contribution < -0.4 is 0 Å². The van der Waals surface area contributed by atoms with Crippen LogP contribution in [0.5, 0.6) is 0 Å². The third-order valence-electron chi connectivity index (χ3n) is 7.00. The van der Waals surface area contributed by atoms with Crippen molar-refractivity contribution in [1.29, 1.82) is 0 Å². The van der Waals surface area contributed by atoms with Crippen LogP contribution in [0.15, 0.2) is 30.3 Å². The highest BCUT2D eigenvalue weighted by atomic mass is 16.5. The van der Waals surface area contributed by atoms with E-state index in [0.717, 1.165) is 19.3 Å². The van der Waals surface area contributed by atoms with Gasteiger partial charge >= 0.3 is 11.9 Å². The van der Waals surface area contributed by atoms with Crippen molar-refractivity contribution >= 4 is 11.9 Å². The number of rotatable bonds is 7. The van der Waals surface area contributed by atoms with Crippen LogP contribution in [0.25, 0.3) is 0 Å². The summed E-state index contributed by atoms with van der Waals surface area (Å²) >= 11 is 0. The molecule has 5 atom stereocenters. The van der Waals surface area contributed by atoms with E-state index in [-0.39, 0.29) is 41.1 Å². The fourth-order valence-corrected chi connectivity index (χ4v) is 4.76. The number of benzene rings is 1. The molecule has 1 aromatic carbocycles. The van der Waals surface area contributed by atoms with E-state index in [0.29, 0.717) is 12.1 Å². The summed E-state index contributed by atoms with van der Waals surface area (Å²) in [7, 11) is 0. The Morgan fingerprint density at radius 1 is 1.17 bits per heavy atom. The summed E-state index contributed by atoms with van der Waals surface area (Å²) in [5, 5.41) is 0. The quantitative estimate of drug-likeness (QED) is 0.610. The highest BCUT2D eigenvalue weighted by Gasteiger charge is 2.54. The second-order valence-electron chi connectivity index (χ2n) is 8.89. The topological polar surface area (TPSA) is 55.8 Å². The minimum atomic E-state index is -0.263. The lowest BCUT2D eigenvalue weighted by molar-refractivity contribution is -0.163. The van der Waals surface area contributed by atoms with E-state index in [2.05, 4.69) is 39.5 Å². The molecule has 0 N–H and O–H groups in total. The lowest BCUT2D eigenvalue weighted by atomic mass is 9.67. The van der Waals surface area contributed by atoms with Crippen molar-refractivity contribution in [1.82, 2.24) is 4.90 Å². The Balaban J connectivity index is 2.30. The maximum absolute atomic E-state index is 12.7. The van der Waals surface area contributed by atoms with Crippen molar-refractivity contribution in [3.05, 3.63) is 35.9 Å². The molecular weight excluding hydrogens is 366 g/mol. The molecule has 2 rings (SSSR count). The average Bonchev–Trinajstić information content (AvgIpc) is 2.69. The maximum atomic E-state index is 12.7. The van der Waals surface area contributed by atoms with Crippen LogP contribution in [0.1, 0.15) is 78.1 Å². The van der Waals surface area contributed by atoms with Gasteiger partial charge in [-0.05, 0) is 45.7 Å². The molecule has 1 aromatic rings. The van der Waals surface area contributed by atoms with Crippen molar-refractivity contribution in [2.24, 2.45) is 5.92 Å². The molecule has 5 unspecified atom stereocenters. The van der Waals surface area contributed by atoms with Gasteiger partial charge in [-0.15, -0.1) is 0 Å². The summed E-state index contributed by atoms with van der Waals surface area (Å²) < 4.78 is 11.5. The number of esters is 2. The third kappa shape index (κ3) is 5.00. The van der Waals surface area contributed by atoms with Gasteiger partial charge in [-0.1, -0.05) is 39.0 Å². The minimum Gasteiger partial charge on any atom is -0.461 e. The second kappa shape index (κ2) is 9.29. The SMILES string of the molecule is CCC1(C)CC(OC(=O)c2ccccc2)C(C)C(C)(CC)N1CC(C)OC(C)=O. The van der Waals surface area contributed by atoms with Gasteiger partial charge in [-0.3, -0.25) is 9.69 Å². The maximum Gasteiger partial charge on any atom is 0.338 e. The Kier molecular flexibility index (Phi) is 7.50. The summed E-state index contributed by atoms with van der Waals surface area (Å²) in [6.45, 7) is 15.1. The van der Waals surface area contributed by atoms with Crippen LogP contribution in [0.4, 0.5) is 0 Å².